The Labute approximate surface area is 184 Å². The van der Waals surface area contributed by atoms with Gasteiger partial charge >= 0.3 is 0 Å². The van der Waals surface area contributed by atoms with Gasteiger partial charge in [0.1, 0.15) is 5.78 Å². The highest BCUT2D eigenvalue weighted by Crippen LogP contribution is 2.48. The third kappa shape index (κ3) is 3.08. The number of hydrogen-bond acceptors (Lipinski definition) is 7. The second-order valence-corrected chi connectivity index (χ2v) is 9.78. The van der Waals surface area contributed by atoms with E-state index in [4.69, 9.17) is 0 Å². The zero-order chi connectivity index (χ0) is 21.0. The first kappa shape index (κ1) is 19.8. The molecule has 0 saturated heterocycles. The summed E-state index contributed by atoms with van der Waals surface area (Å²) in [5.74, 6) is -2.28. The van der Waals surface area contributed by atoms with Crippen molar-refractivity contribution in [3.05, 3.63) is 70.7 Å². The van der Waals surface area contributed by atoms with Gasteiger partial charge in [0.25, 0.3) is 0 Å². The maximum atomic E-state index is 13.2. The number of hydrogen-bond donors (Lipinski definition) is 0. The van der Waals surface area contributed by atoms with Crippen molar-refractivity contribution in [3.63, 3.8) is 0 Å². The summed E-state index contributed by atoms with van der Waals surface area (Å²) < 4.78 is 0. The molecule has 154 valence electrons. The quantitative estimate of drug-likeness (QED) is 0.716. The molecule has 3 aliphatic rings. The van der Waals surface area contributed by atoms with Crippen molar-refractivity contribution >= 4 is 40.7 Å². The third-order valence-corrected chi connectivity index (χ3v) is 8.26. The van der Waals surface area contributed by atoms with Gasteiger partial charge in [-0.3, -0.25) is 0 Å². The number of ketones is 1. The van der Waals surface area contributed by atoms with Gasteiger partial charge in [0.15, 0.2) is 0 Å². The average Bonchev–Trinajstić information content (AvgIpc) is 3.31. The first-order chi connectivity index (χ1) is 14.5. The zero-order valence-corrected chi connectivity index (χ0v) is 18.2. The number of para-hydroxylation sites is 2. The lowest BCUT2D eigenvalue weighted by molar-refractivity contribution is -0.458. The molecule has 0 amide bonds. The molecule has 1 saturated carbocycles. The lowest BCUT2D eigenvalue weighted by Gasteiger charge is -2.31. The van der Waals surface area contributed by atoms with Crippen molar-refractivity contribution in [1.29, 1.82) is 0 Å². The molecule has 0 spiro atoms. The molecular weight excluding hydrogens is 416 g/mol. The maximum Gasteiger partial charge on any atom is 0.125 e. The molecule has 0 N–H and O–H groups in total. The van der Waals surface area contributed by atoms with E-state index < -0.39 is 29.8 Å². The van der Waals surface area contributed by atoms with E-state index in [2.05, 4.69) is 0 Å². The van der Waals surface area contributed by atoms with E-state index in [0.29, 0.717) is 0 Å². The molecule has 4 atom stereocenters. The molecule has 0 radical (unpaired) electrons. The second-order valence-electron chi connectivity index (χ2n) is 7.66. The molecule has 30 heavy (non-hydrogen) atoms. The van der Waals surface area contributed by atoms with Gasteiger partial charge in [0.05, 0.1) is 21.4 Å². The van der Waals surface area contributed by atoms with Crippen LogP contribution in [0.4, 0.5) is 11.4 Å². The number of Topliss-reactive ketones (excluding diaryl/α,β-unsaturated/α-hetero) is 1. The largest absolute Gasteiger partial charge is 0.851 e. The molecule has 2 aromatic carbocycles. The summed E-state index contributed by atoms with van der Waals surface area (Å²) in [5.41, 5.74) is 2.09. The summed E-state index contributed by atoms with van der Waals surface area (Å²) in [5, 5.41) is 27.6. The van der Waals surface area contributed by atoms with Crippen LogP contribution in [-0.2, 0) is 4.79 Å². The summed E-state index contributed by atoms with van der Waals surface area (Å²) in [4.78, 5) is 18.9. The number of carbonyl (C=O) groups excluding carboxylic acids is 1. The van der Waals surface area contributed by atoms with Crippen LogP contribution in [0.5, 0.6) is 0 Å². The van der Waals surface area contributed by atoms with Crippen LogP contribution in [0.2, 0.25) is 0 Å². The van der Waals surface area contributed by atoms with Gasteiger partial charge < -0.3 is 24.8 Å². The Hall–Kier alpha value is -2.19. The minimum absolute atomic E-state index is 0.502. The summed E-state index contributed by atoms with van der Waals surface area (Å²) >= 11 is 3.06. The number of rotatable bonds is 2. The first-order valence-corrected chi connectivity index (χ1v) is 11.4. The van der Waals surface area contributed by atoms with Crippen molar-refractivity contribution in [2.45, 2.75) is 22.0 Å². The van der Waals surface area contributed by atoms with Gasteiger partial charge in [-0.05, 0) is 36.3 Å². The molecular formula is C23H20N2O3S2-2. The van der Waals surface area contributed by atoms with E-state index in [0.717, 1.165) is 31.2 Å². The number of anilines is 2. The van der Waals surface area contributed by atoms with Crippen molar-refractivity contribution in [1.82, 2.24) is 0 Å². The highest BCUT2D eigenvalue weighted by atomic mass is 32.2. The predicted molar refractivity (Wildman–Crippen MR) is 117 cm³/mol. The smallest absolute Gasteiger partial charge is 0.125 e. The lowest BCUT2D eigenvalue weighted by atomic mass is 10.00. The molecule has 5 rings (SSSR count). The molecule has 2 aromatic rings. The molecule has 4 unspecified atom stereocenters. The third-order valence-electron chi connectivity index (χ3n) is 5.89. The van der Waals surface area contributed by atoms with E-state index in [1.165, 1.54) is 23.5 Å². The fraction of sp³-hybridized carbons (Fsp3) is 0.261. The Balaban J connectivity index is 1.41. The molecule has 2 aliphatic heterocycles. The van der Waals surface area contributed by atoms with Crippen LogP contribution in [-0.4, -0.2) is 32.1 Å². The van der Waals surface area contributed by atoms with E-state index in [9.17, 15) is 15.0 Å². The van der Waals surface area contributed by atoms with Gasteiger partial charge in [-0.15, -0.1) is 6.10 Å². The summed E-state index contributed by atoms with van der Waals surface area (Å²) in [6.45, 7) is 0. The number of thioether (sulfide) groups is 2. The average molecular weight is 437 g/mol. The molecule has 2 heterocycles. The molecule has 1 fully saturated rings. The molecule has 1 aliphatic carbocycles. The molecule has 0 bridgehead atoms. The molecule has 0 aromatic heterocycles. The van der Waals surface area contributed by atoms with Gasteiger partial charge in [-0.2, -0.15) is 0 Å². The molecule has 7 heteroatoms. The summed E-state index contributed by atoms with van der Waals surface area (Å²) in [7, 11) is 3.83. The van der Waals surface area contributed by atoms with Crippen molar-refractivity contribution in [2.75, 3.05) is 23.9 Å². The van der Waals surface area contributed by atoms with E-state index in [1.807, 2.05) is 72.4 Å². The Bertz CT molecular complexity index is 1080. The van der Waals surface area contributed by atoms with Crippen LogP contribution >= 0.6 is 23.5 Å². The highest BCUT2D eigenvalue weighted by molar-refractivity contribution is 8.04. The fourth-order valence-electron chi connectivity index (χ4n) is 4.16. The van der Waals surface area contributed by atoms with Gasteiger partial charge in [0.2, 0.25) is 0 Å². The Morgan fingerprint density at radius 3 is 1.87 bits per heavy atom. The standard InChI is InChI=1S/C23H20N2O3S2/c1-24-15-7-3-5-9-17(15)29-19(24)11-13-21(26)14(23(28)22(13)27)12-20-25(2)16-8-4-6-10-18(16)30-20/h3-14,21-22H,1-2H3/q-2. The minimum atomic E-state index is -1.53. The number of nitrogens with zero attached hydrogens (tertiary/aromatic N) is 2. The Morgan fingerprint density at radius 1 is 0.833 bits per heavy atom. The lowest BCUT2D eigenvalue weighted by Crippen LogP contribution is -2.40. The number of carbonyl (C=O) groups is 1. The van der Waals surface area contributed by atoms with E-state index in [1.54, 1.807) is 12.2 Å². The number of benzene rings is 2. The first-order valence-electron chi connectivity index (χ1n) is 9.76. The Morgan fingerprint density at radius 2 is 1.33 bits per heavy atom. The van der Waals surface area contributed by atoms with E-state index >= 15 is 0 Å². The van der Waals surface area contributed by atoms with Crippen LogP contribution in [0.1, 0.15) is 0 Å². The van der Waals surface area contributed by atoms with Crippen LogP contribution in [0.25, 0.3) is 0 Å². The van der Waals surface area contributed by atoms with Crippen LogP contribution in [0.3, 0.4) is 0 Å². The molecule has 5 nitrogen and oxygen atoms in total. The van der Waals surface area contributed by atoms with Gasteiger partial charge in [-0.1, -0.05) is 60.0 Å². The Kier molecular flexibility index (Phi) is 4.94. The second kappa shape index (κ2) is 7.50. The van der Waals surface area contributed by atoms with Crippen LogP contribution in [0, 0.1) is 11.8 Å². The van der Waals surface area contributed by atoms with Crippen molar-refractivity contribution in [3.8, 4) is 0 Å². The van der Waals surface area contributed by atoms with Crippen LogP contribution in [0.15, 0.2) is 80.5 Å². The van der Waals surface area contributed by atoms with Crippen molar-refractivity contribution in [2.24, 2.45) is 11.8 Å². The maximum absolute atomic E-state index is 13.2. The highest BCUT2D eigenvalue weighted by Gasteiger charge is 2.38. The zero-order valence-electron chi connectivity index (χ0n) is 16.5. The van der Waals surface area contributed by atoms with Gasteiger partial charge in [0, 0.05) is 29.8 Å². The normalized spacial score (nSPS) is 30.5. The fourth-order valence-corrected chi connectivity index (χ4v) is 6.44. The summed E-state index contributed by atoms with van der Waals surface area (Å²) in [6.07, 6.45) is 0.611. The SMILES string of the molecule is CN1C(=CC2C(=O)C([O-])C(C=C3Sc4ccccc4N3C)C2[O-])Sc2ccccc21. The minimum Gasteiger partial charge on any atom is -0.851 e. The predicted octanol–water partition coefficient (Wildman–Crippen LogP) is 2.43. The topological polar surface area (TPSA) is 69.7 Å². The monoisotopic (exact) mass is 436 g/mol. The van der Waals surface area contributed by atoms with Crippen molar-refractivity contribution < 1.29 is 15.0 Å². The summed E-state index contributed by atoms with van der Waals surface area (Å²) in [6, 6.07) is 15.9. The number of fused-ring (bicyclic) bond motifs is 2. The van der Waals surface area contributed by atoms with Gasteiger partial charge in [-0.25, -0.2) is 0 Å². The van der Waals surface area contributed by atoms with E-state index in [-0.39, 0.29) is 0 Å². The van der Waals surface area contributed by atoms with Crippen LogP contribution < -0.4 is 20.0 Å².